The zero-order valence-electron chi connectivity index (χ0n) is 16.9. The van der Waals surface area contributed by atoms with Crippen LogP contribution >= 0.6 is 0 Å². The number of fused-ring (bicyclic) bond motifs is 1. The summed E-state index contributed by atoms with van der Waals surface area (Å²) in [6.45, 7) is 1.50. The van der Waals surface area contributed by atoms with Crippen LogP contribution in [0.2, 0.25) is 0 Å². The highest BCUT2D eigenvalue weighted by Gasteiger charge is 2.26. The lowest BCUT2D eigenvalue weighted by Crippen LogP contribution is -2.50. The van der Waals surface area contributed by atoms with Crippen molar-refractivity contribution in [1.29, 1.82) is 0 Å². The molecule has 1 aliphatic heterocycles. The monoisotopic (exact) mass is 407 g/mol. The number of likely N-dealkylation sites (N-methyl/N-ethyl adjacent to an activating group) is 1. The Morgan fingerprint density at radius 3 is 2.73 bits per heavy atom. The number of nitrogens with zero attached hydrogens (tertiary/aromatic N) is 4. The summed E-state index contributed by atoms with van der Waals surface area (Å²) >= 11 is 0. The van der Waals surface area contributed by atoms with Crippen molar-refractivity contribution in [2.24, 2.45) is 4.99 Å². The fourth-order valence-corrected chi connectivity index (χ4v) is 3.70. The summed E-state index contributed by atoms with van der Waals surface area (Å²) in [5.74, 6) is -0.130. The minimum absolute atomic E-state index is 0.0289. The number of nitrogens with one attached hydrogen (secondary N) is 1. The van der Waals surface area contributed by atoms with Gasteiger partial charge in [0.15, 0.2) is 0 Å². The molecular weight excluding hydrogens is 385 g/mol. The van der Waals surface area contributed by atoms with Gasteiger partial charge in [-0.1, -0.05) is 24.3 Å². The van der Waals surface area contributed by atoms with Gasteiger partial charge in [0.05, 0.1) is 23.2 Å². The number of hydrogen-bond donors (Lipinski definition) is 1. The van der Waals surface area contributed by atoms with Gasteiger partial charge in [0.2, 0.25) is 0 Å². The third-order valence-corrected chi connectivity index (χ3v) is 5.43. The second-order valence-corrected chi connectivity index (χ2v) is 7.32. The molecule has 30 heavy (non-hydrogen) atoms. The molecule has 7 nitrogen and oxygen atoms in total. The molecular formula is C22H22FN5O2. The summed E-state index contributed by atoms with van der Waals surface area (Å²) in [5.41, 5.74) is 1.17. The Labute approximate surface area is 172 Å². The van der Waals surface area contributed by atoms with Crippen LogP contribution in [-0.4, -0.2) is 65.5 Å². The molecule has 1 amide bonds. The first-order valence-electron chi connectivity index (χ1n) is 9.68. The van der Waals surface area contributed by atoms with Crippen molar-refractivity contribution >= 4 is 22.5 Å². The number of carbonyl (C=O) groups excluding carboxylic acids is 1. The van der Waals surface area contributed by atoms with Gasteiger partial charge in [0.25, 0.3) is 11.5 Å². The van der Waals surface area contributed by atoms with Gasteiger partial charge in [-0.05, 0) is 23.8 Å². The first-order valence-corrected chi connectivity index (χ1v) is 9.68. The van der Waals surface area contributed by atoms with Crippen LogP contribution in [0.3, 0.4) is 0 Å². The molecule has 1 fully saturated rings. The summed E-state index contributed by atoms with van der Waals surface area (Å²) in [5, 5.41) is 7.96. The zero-order chi connectivity index (χ0) is 21.3. The van der Waals surface area contributed by atoms with Crippen LogP contribution in [0.4, 0.5) is 4.39 Å². The minimum Gasteiger partial charge on any atom is -0.360 e. The first kappa shape index (κ1) is 19.8. The first-order chi connectivity index (χ1) is 14.5. The number of aliphatic imine (C=N–C) groups is 1. The van der Waals surface area contributed by atoms with Gasteiger partial charge < -0.3 is 9.80 Å². The Bertz CT molecular complexity index is 1200. The van der Waals surface area contributed by atoms with E-state index in [4.69, 9.17) is 0 Å². The highest BCUT2D eigenvalue weighted by molar-refractivity contribution is 5.98. The molecule has 0 aliphatic carbocycles. The van der Waals surface area contributed by atoms with Crippen LogP contribution < -0.4 is 5.56 Å². The Morgan fingerprint density at radius 1 is 1.20 bits per heavy atom. The maximum Gasteiger partial charge on any atom is 0.272 e. The minimum atomic E-state index is -0.558. The number of hydrogen-bond acceptors (Lipinski definition) is 4. The smallest absolute Gasteiger partial charge is 0.272 e. The molecule has 1 aromatic heterocycles. The van der Waals surface area contributed by atoms with E-state index in [0.717, 1.165) is 16.8 Å². The Morgan fingerprint density at radius 2 is 1.97 bits per heavy atom. The highest BCUT2D eigenvalue weighted by atomic mass is 19.1. The van der Waals surface area contributed by atoms with Gasteiger partial charge in [0, 0.05) is 39.0 Å². The van der Waals surface area contributed by atoms with E-state index in [2.05, 4.69) is 15.2 Å². The molecule has 0 saturated carbocycles. The van der Waals surface area contributed by atoms with Crippen molar-refractivity contribution in [3.05, 3.63) is 75.5 Å². The van der Waals surface area contributed by atoms with E-state index in [9.17, 15) is 14.0 Å². The fraction of sp³-hybridized carbons (Fsp3) is 0.273. The standard InChI is InChI=1S/C22H22FN5O2/c1-24-20-13-28(10-9-27(20)2)22(30)17-11-14(7-8-18(17)23)12-19-15-5-3-4-6-16(15)21(29)26-25-19/h3-8,11H,9-10,12-13H2,1-2H3,(H,26,29). The molecule has 0 unspecified atom stereocenters. The van der Waals surface area contributed by atoms with Crippen molar-refractivity contribution in [2.45, 2.75) is 6.42 Å². The number of amides is 1. The molecule has 0 radical (unpaired) electrons. The molecule has 1 aliphatic rings. The number of halogens is 1. The van der Waals surface area contributed by atoms with Crippen molar-refractivity contribution in [3.8, 4) is 0 Å². The molecule has 1 saturated heterocycles. The largest absolute Gasteiger partial charge is 0.360 e. The summed E-state index contributed by atoms with van der Waals surface area (Å²) in [7, 11) is 3.61. The molecule has 1 N–H and O–H groups in total. The van der Waals surface area contributed by atoms with E-state index in [-0.39, 0.29) is 17.0 Å². The molecule has 0 spiro atoms. The second kappa shape index (κ2) is 8.06. The molecule has 0 atom stereocenters. The van der Waals surface area contributed by atoms with Gasteiger partial charge in [-0.3, -0.25) is 14.6 Å². The Kier molecular flexibility index (Phi) is 5.31. The summed E-state index contributed by atoms with van der Waals surface area (Å²) in [4.78, 5) is 32.8. The van der Waals surface area contributed by atoms with E-state index in [1.165, 1.54) is 6.07 Å². The van der Waals surface area contributed by atoms with Crippen molar-refractivity contribution < 1.29 is 9.18 Å². The van der Waals surface area contributed by atoms with Gasteiger partial charge in [-0.25, -0.2) is 9.49 Å². The SMILES string of the molecule is CN=C1CN(C(=O)c2cc(Cc3n[nH]c(=O)c4ccccc34)ccc2F)CCN1C. The summed E-state index contributed by atoms with van der Waals surface area (Å²) in [6, 6.07) is 11.7. The van der Waals surface area contributed by atoms with E-state index >= 15 is 0 Å². The van der Waals surface area contributed by atoms with E-state index in [0.29, 0.717) is 37.1 Å². The lowest BCUT2D eigenvalue weighted by Gasteiger charge is -2.34. The van der Waals surface area contributed by atoms with Crippen molar-refractivity contribution in [1.82, 2.24) is 20.0 Å². The van der Waals surface area contributed by atoms with Crippen LogP contribution in [0, 0.1) is 5.82 Å². The number of amidine groups is 1. The molecule has 8 heteroatoms. The van der Waals surface area contributed by atoms with Gasteiger partial charge in [-0.2, -0.15) is 5.10 Å². The van der Waals surface area contributed by atoms with Gasteiger partial charge >= 0.3 is 0 Å². The van der Waals surface area contributed by atoms with E-state index in [1.807, 2.05) is 24.1 Å². The number of piperazine rings is 1. The van der Waals surface area contributed by atoms with Crippen LogP contribution in [0.25, 0.3) is 10.8 Å². The number of aromatic nitrogens is 2. The number of aromatic amines is 1. The summed E-state index contributed by atoms with van der Waals surface area (Å²) in [6.07, 6.45) is 0.363. The normalized spacial score (nSPS) is 15.8. The van der Waals surface area contributed by atoms with Crippen LogP contribution in [-0.2, 0) is 6.42 Å². The molecule has 3 aromatic rings. The lowest BCUT2D eigenvalue weighted by molar-refractivity contribution is 0.0746. The fourth-order valence-electron chi connectivity index (χ4n) is 3.70. The van der Waals surface area contributed by atoms with Crippen LogP contribution in [0.5, 0.6) is 0 Å². The number of H-pyrrole nitrogens is 1. The molecule has 2 aromatic carbocycles. The van der Waals surface area contributed by atoms with Crippen LogP contribution in [0.1, 0.15) is 21.6 Å². The predicted octanol–water partition coefficient (Wildman–Crippen LogP) is 2.07. The van der Waals surface area contributed by atoms with Crippen molar-refractivity contribution in [2.75, 3.05) is 33.7 Å². The van der Waals surface area contributed by atoms with Gasteiger partial charge in [0.1, 0.15) is 11.7 Å². The number of rotatable bonds is 3. The molecule has 2 heterocycles. The summed E-state index contributed by atoms with van der Waals surface area (Å²) < 4.78 is 14.5. The van der Waals surface area contributed by atoms with E-state index < -0.39 is 5.82 Å². The Balaban J connectivity index is 1.64. The Hall–Kier alpha value is -3.55. The maximum absolute atomic E-state index is 14.5. The zero-order valence-corrected chi connectivity index (χ0v) is 16.9. The lowest BCUT2D eigenvalue weighted by atomic mass is 10.0. The quantitative estimate of drug-likeness (QED) is 0.721. The topological polar surface area (TPSA) is 81.7 Å². The van der Waals surface area contributed by atoms with Crippen molar-refractivity contribution in [3.63, 3.8) is 0 Å². The van der Waals surface area contributed by atoms with Gasteiger partial charge in [-0.15, -0.1) is 0 Å². The maximum atomic E-state index is 14.5. The van der Waals surface area contributed by atoms with Crippen LogP contribution in [0.15, 0.2) is 52.3 Å². The number of carbonyl (C=O) groups is 1. The van der Waals surface area contributed by atoms with E-state index in [1.54, 1.807) is 36.2 Å². The molecule has 0 bridgehead atoms. The number of benzene rings is 2. The third-order valence-electron chi connectivity index (χ3n) is 5.43. The second-order valence-electron chi connectivity index (χ2n) is 7.32. The highest BCUT2D eigenvalue weighted by Crippen LogP contribution is 2.20. The predicted molar refractivity (Wildman–Crippen MR) is 113 cm³/mol. The molecule has 154 valence electrons. The third kappa shape index (κ3) is 3.68. The molecule has 4 rings (SSSR count). The average molecular weight is 407 g/mol. The average Bonchev–Trinajstić information content (AvgIpc) is 2.77.